The van der Waals surface area contributed by atoms with Crippen molar-refractivity contribution < 1.29 is 9.53 Å². The van der Waals surface area contributed by atoms with Crippen LogP contribution >= 0.6 is 43.6 Å². The first-order valence-corrected chi connectivity index (χ1v) is 12.7. The van der Waals surface area contributed by atoms with Gasteiger partial charge in [0.2, 0.25) is 0 Å². The van der Waals surface area contributed by atoms with Crippen molar-refractivity contribution in [2.45, 2.75) is 20.5 Å². The summed E-state index contributed by atoms with van der Waals surface area (Å²) in [6.45, 7) is 4.32. The van der Waals surface area contributed by atoms with Crippen molar-refractivity contribution in [1.82, 2.24) is 5.32 Å². The van der Waals surface area contributed by atoms with Crippen LogP contribution in [-0.2, 0) is 11.4 Å². The molecular formula is C26H19Br2N3O2S. The van der Waals surface area contributed by atoms with Gasteiger partial charge in [0.1, 0.15) is 12.4 Å². The fourth-order valence-corrected chi connectivity index (χ4v) is 4.95. The number of hydrogen-bond donors (Lipinski definition) is 1. The van der Waals surface area contributed by atoms with Gasteiger partial charge in [-0.3, -0.25) is 4.79 Å². The second kappa shape index (κ2) is 10.6. The van der Waals surface area contributed by atoms with E-state index in [1.54, 1.807) is 6.07 Å². The molecule has 0 aliphatic carbocycles. The molecule has 0 aromatic heterocycles. The number of benzene rings is 3. The topological polar surface area (TPSA) is 74.5 Å². The number of aryl methyl sites for hydroxylation is 2. The minimum Gasteiger partial charge on any atom is -0.488 e. The highest BCUT2D eigenvalue weighted by Crippen LogP contribution is 2.33. The highest BCUT2D eigenvalue weighted by atomic mass is 79.9. The van der Waals surface area contributed by atoms with Crippen molar-refractivity contribution in [3.8, 4) is 11.8 Å². The molecule has 0 atom stereocenters. The number of carbonyl (C=O) groups is 1. The zero-order chi connectivity index (χ0) is 24.2. The van der Waals surface area contributed by atoms with E-state index in [0.29, 0.717) is 21.4 Å². The number of carbonyl (C=O) groups excluding carboxylic acids is 1. The number of thioether (sulfide) groups is 1. The summed E-state index contributed by atoms with van der Waals surface area (Å²) in [7, 11) is 0. The maximum Gasteiger partial charge on any atom is 0.264 e. The third kappa shape index (κ3) is 5.61. The van der Waals surface area contributed by atoms with Crippen LogP contribution in [-0.4, -0.2) is 11.1 Å². The molecule has 0 unspecified atom stereocenters. The fraction of sp³-hybridized carbons (Fsp3) is 0.115. The SMILES string of the molecule is Cc1cc(N=C2NC(=O)/C(=C/c3ccc(OCc4ccccc4C#N)c(Br)c3)S2)cc(C)c1Br. The fourth-order valence-electron chi connectivity index (χ4n) is 3.37. The molecule has 1 N–H and O–H groups in total. The summed E-state index contributed by atoms with van der Waals surface area (Å²) in [4.78, 5) is 17.6. The Morgan fingerprint density at radius 3 is 2.56 bits per heavy atom. The molecule has 3 aromatic carbocycles. The number of nitrogens with zero attached hydrogens (tertiary/aromatic N) is 2. The highest BCUT2D eigenvalue weighted by Gasteiger charge is 2.24. The van der Waals surface area contributed by atoms with Crippen molar-refractivity contribution in [2.24, 2.45) is 4.99 Å². The van der Waals surface area contributed by atoms with Gasteiger partial charge in [0, 0.05) is 10.0 Å². The Kier molecular flexibility index (Phi) is 7.57. The third-order valence-electron chi connectivity index (χ3n) is 5.08. The number of aliphatic imine (C=N–C) groups is 1. The number of hydrogen-bond acceptors (Lipinski definition) is 5. The van der Waals surface area contributed by atoms with Crippen LogP contribution in [0.1, 0.15) is 27.8 Å². The Bertz CT molecular complexity index is 1370. The maximum absolute atomic E-state index is 12.5. The molecule has 1 saturated heterocycles. The molecule has 1 amide bonds. The summed E-state index contributed by atoms with van der Waals surface area (Å²) in [5, 5.41) is 12.6. The van der Waals surface area contributed by atoms with E-state index in [-0.39, 0.29) is 12.5 Å². The van der Waals surface area contributed by atoms with Gasteiger partial charge in [-0.2, -0.15) is 5.26 Å². The van der Waals surface area contributed by atoms with E-state index in [1.807, 2.05) is 68.5 Å². The summed E-state index contributed by atoms with van der Waals surface area (Å²) in [6, 6.07) is 19.1. The number of rotatable bonds is 5. The van der Waals surface area contributed by atoms with Gasteiger partial charge in [0.15, 0.2) is 5.17 Å². The highest BCUT2D eigenvalue weighted by molar-refractivity contribution is 9.10. The van der Waals surface area contributed by atoms with Gasteiger partial charge >= 0.3 is 0 Å². The number of halogens is 2. The van der Waals surface area contributed by atoms with E-state index >= 15 is 0 Å². The van der Waals surface area contributed by atoms with Crippen LogP contribution in [0.15, 0.2) is 73.4 Å². The molecule has 0 spiro atoms. The lowest BCUT2D eigenvalue weighted by atomic mass is 10.1. The zero-order valence-electron chi connectivity index (χ0n) is 18.4. The first kappa shape index (κ1) is 24.3. The smallest absolute Gasteiger partial charge is 0.264 e. The minimum absolute atomic E-state index is 0.182. The van der Waals surface area contributed by atoms with E-state index in [9.17, 15) is 10.1 Å². The predicted molar refractivity (Wildman–Crippen MR) is 144 cm³/mol. The first-order chi connectivity index (χ1) is 16.3. The van der Waals surface area contributed by atoms with Gasteiger partial charge in [-0.1, -0.05) is 40.2 Å². The Hall–Kier alpha value is -2.86. The second-order valence-corrected chi connectivity index (χ2v) is 10.3. The largest absolute Gasteiger partial charge is 0.488 e. The Morgan fingerprint density at radius 1 is 1.12 bits per heavy atom. The lowest BCUT2D eigenvalue weighted by Gasteiger charge is -2.10. The molecule has 8 heteroatoms. The monoisotopic (exact) mass is 595 g/mol. The quantitative estimate of drug-likeness (QED) is 0.317. The van der Waals surface area contributed by atoms with Crippen molar-refractivity contribution >= 4 is 66.5 Å². The standard InChI is InChI=1S/C26H19Br2N3O2S/c1-15-9-20(10-16(2)24(15)28)30-26-31-25(32)23(34-26)12-17-7-8-22(21(27)11-17)33-14-19-6-4-3-5-18(19)13-29/h3-12H,14H2,1-2H3,(H,30,31,32)/b23-12-. The van der Waals surface area contributed by atoms with Gasteiger partial charge in [0.05, 0.1) is 26.7 Å². The molecule has 3 aromatic rings. The van der Waals surface area contributed by atoms with Crippen LogP contribution < -0.4 is 10.1 Å². The van der Waals surface area contributed by atoms with E-state index in [1.165, 1.54) is 11.8 Å². The molecule has 0 bridgehead atoms. The summed E-state index contributed by atoms with van der Waals surface area (Å²) >= 11 is 8.41. The van der Waals surface area contributed by atoms with E-state index < -0.39 is 0 Å². The Morgan fingerprint density at radius 2 is 1.85 bits per heavy atom. The van der Waals surface area contributed by atoms with Gasteiger partial charge in [-0.15, -0.1) is 0 Å². The van der Waals surface area contributed by atoms with Crippen molar-refractivity contribution in [2.75, 3.05) is 0 Å². The first-order valence-electron chi connectivity index (χ1n) is 10.3. The van der Waals surface area contributed by atoms with Gasteiger partial charge in [0.25, 0.3) is 5.91 Å². The number of amidine groups is 1. The average molecular weight is 597 g/mol. The normalized spacial score (nSPS) is 15.4. The minimum atomic E-state index is -0.182. The summed E-state index contributed by atoms with van der Waals surface area (Å²) in [5.41, 5.74) is 5.25. The second-order valence-electron chi connectivity index (χ2n) is 7.62. The molecule has 170 valence electrons. The molecule has 5 nitrogen and oxygen atoms in total. The van der Waals surface area contributed by atoms with Gasteiger partial charge < -0.3 is 10.1 Å². The molecule has 1 heterocycles. The molecule has 1 aliphatic rings. The molecule has 34 heavy (non-hydrogen) atoms. The number of amides is 1. The molecule has 1 aliphatic heterocycles. The molecule has 0 saturated carbocycles. The maximum atomic E-state index is 12.5. The number of nitrogens with one attached hydrogen (secondary N) is 1. The lowest BCUT2D eigenvalue weighted by Crippen LogP contribution is -2.19. The molecule has 1 fully saturated rings. The van der Waals surface area contributed by atoms with E-state index in [0.717, 1.165) is 36.9 Å². The van der Waals surface area contributed by atoms with Crippen molar-refractivity contribution in [1.29, 1.82) is 5.26 Å². The summed E-state index contributed by atoms with van der Waals surface area (Å²) < 4.78 is 7.72. The average Bonchev–Trinajstić information content (AvgIpc) is 3.15. The molecular weight excluding hydrogens is 578 g/mol. The third-order valence-corrected chi connectivity index (χ3v) is 7.86. The van der Waals surface area contributed by atoms with Gasteiger partial charge in [-0.05, 0) is 94.6 Å². The Balaban J connectivity index is 1.48. The van der Waals surface area contributed by atoms with E-state index in [2.05, 4.69) is 48.2 Å². The number of nitriles is 1. The Labute approximate surface area is 219 Å². The zero-order valence-corrected chi connectivity index (χ0v) is 22.3. The van der Waals surface area contributed by atoms with E-state index in [4.69, 9.17) is 4.74 Å². The summed E-state index contributed by atoms with van der Waals surface area (Å²) in [6.07, 6.45) is 1.82. The van der Waals surface area contributed by atoms with Crippen LogP contribution in [0.25, 0.3) is 6.08 Å². The molecule has 4 rings (SSSR count). The van der Waals surface area contributed by atoms with Crippen molar-refractivity contribution in [3.63, 3.8) is 0 Å². The van der Waals surface area contributed by atoms with Crippen molar-refractivity contribution in [3.05, 3.63) is 96.3 Å². The predicted octanol–water partition coefficient (Wildman–Crippen LogP) is 7.17. The van der Waals surface area contributed by atoms with Crippen LogP contribution in [0.4, 0.5) is 5.69 Å². The number of ether oxygens (including phenoxy) is 1. The van der Waals surface area contributed by atoms with Crippen LogP contribution in [0.2, 0.25) is 0 Å². The van der Waals surface area contributed by atoms with Gasteiger partial charge in [-0.25, -0.2) is 4.99 Å². The lowest BCUT2D eigenvalue weighted by molar-refractivity contribution is -0.115. The summed E-state index contributed by atoms with van der Waals surface area (Å²) in [5.74, 6) is 0.473. The van der Waals surface area contributed by atoms with Crippen LogP contribution in [0.5, 0.6) is 5.75 Å². The van der Waals surface area contributed by atoms with Crippen LogP contribution in [0.3, 0.4) is 0 Å². The molecule has 0 radical (unpaired) electrons. The van der Waals surface area contributed by atoms with Crippen LogP contribution in [0, 0.1) is 25.2 Å².